The SMILES string of the molecule is CC(C)(C)OC(=O)N1CCN(CCN=C(N)Nc2ccc3c(c2)CCC3)CC1. The zero-order chi connectivity index (χ0) is 20.1. The maximum atomic E-state index is 12.1. The Labute approximate surface area is 167 Å². The molecule has 154 valence electrons. The predicted molar refractivity (Wildman–Crippen MR) is 113 cm³/mol. The number of hydrogen-bond acceptors (Lipinski definition) is 4. The van der Waals surface area contributed by atoms with Crippen LogP contribution < -0.4 is 11.1 Å². The third kappa shape index (κ3) is 5.86. The number of nitrogens with two attached hydrogens (primary N) is 1. The number of ether oxygens (including phenoxy) is 1. The fourth-order valence-electron chi connectivity index (χ4n) is 3.63. The van der Waals surface area contributed by atoms with E-state index in [4.69, 9.17) is 10.5 Å². The van der Waals surface area contributed by atoms with Gasteiger partial charge in [0.2, 0.25) is 0 Å². The lowest BCUT2D eigenvalue weighted by Crippen LogP contribution is -2.50. The topological polar surface area (TPSA) is 83.2 Å². The van der Waals surface area contributed by atoms with Crippen LogP contribution in [-0.4, -0.2) is 66.7 Å². The summed E-state index contributed by atoms with van der Waals surface area (Å²) in [6.45, 7) is 10.1. The second-order valence-electron chi connectivity index (χ2n) is 8.54. The standard InChI is InChI=1S/C21H33N5O2/c1-21(2,3)28-20(27)26-13-11-25(12-14-26)10-9-23-19(22)24-18-8-7-16-5-4-6-17(16)15-18/h7-8,15H,4-6,9-14H2,1-3H3,(H3,22,23,24). The van der Waals surface area contributed by atoms with Gasteiger partial charge in [0.05, 0.1) is 6.54 Å². The van der Waals surface area contributed by atoms with Crippen molar-refractivity contribution in [2.75, 3.05) is 44.6 Å². The van der Waals surface area contributed by atoms with Crippen LogP contribution in [-0.2, 0) is 17.6 Å². The molecule has 2 aliphatic rings. The molecule has 0 bridgehead atoms. The molecule has 7 nitrogen and oxygen atoms in total. The number of hydrogen-bond donors (Lipinski definition) is 2. The molecule has 0 radical (unpaired) electrons. The van der Waals surface area contributed by atoms with E-state index in [1.54, 1.807) is 4.90 Å². The molecule has 1 amide bonds. The highest BCUT2D eigenvalue weighted by atomic mass is 16.6. The van der Waals surface area contributed by atoms with Gasteiger partial charge in [0.25, 0.3) is 0 Å². The molecule has 3 rings (SSSR count). The minimum atomic E-state index is -0.452. The lowest BCUT2D eigenvalue weighted by molar-refractivity contribution is 0.0148. The first-order valence-electron chi connectivity index (χ1n) is 10.2. The summed E-state index contributed by atoms with van der Waals surface area (Å²) >= 11 is 0. The van der Waals surface area contributed by atoms with Crippen LogP contribution in [0.25, 0.3) is 0 Å². The summed E-state index contributed by atoms with van der Waals surface area (Å²) in [5.74, 6) is 0.449. The Hall–Kier alpha value is -2.28. The van der Waals surface area contributed by atoms with Crippen molar-refractivity contribution in [3.63, 3.8) is 0 Å². The number of carbonyl (C=O) groups is 1. The molecule has 0 saturated carbocycles. The van der Waals surface area contributed by atoms with E-state index in [-0.39, 0.29) is 6.09 Å². The molecule has 0 unspecified atom stereocenters. The lowest BCUT2D eigenvalue weighted by Gasteiger charge is -2.35. The summed E-state index contributed by atoms with van der Waals surface area (Å²) < 4.78 is 5.43. The van der Waals surface area contributed by atoms with Crippen molar-refractivity contribution in [1.29, 1.82) is 0 Å². The van der Waals surface area contributed by atoms with Crippen molar-refractivity contribution in [2.24, 2.45) is 10.7 Å². The minimum Gasteiger partial charge on any atom is -0.444 e. The third-order valence-corrected chi connectivity index (χ3v) is 5.09. The highest BCUT2D eigenvalue weighted by molar-refractivity contribution is 5.92. The number of carbonyl (C=O) groups excluding carboxylic acids is 1. The Balaban J connectivity index is 1.38. The molecule has 1 aromatic carbocycles. The van der Waals surface area contributed by atoms with E-state index in [1.807, 2.05) is 20.8 Å². The molecule has 1 fully saturated rings. The number of benzene rings is 1. The van der Waals surface area contributed by atoms with Crippen molar-refractivity contribution in [2.45, 2.75) is 45.6 Å². The molecule has 0 atom stereocenters. The largest absolute Gasteiger partial charge is 0.444 e. The molecular formula is C21H33N5O2. The zero-order valence-corrected chi connectivity index (χ0v) is 17.3. The number of rotatable bonds is 4. The number of nitrogens with zero attached hydrogens (tertiary/aromatic N) is 3. The lowest BCUT2D eigenvalue weighted by atomic mass is 10.1. The average molecular weight is 388 g/mol. The maximum absolute atomic E-state index is 12.1. The third-order valence-electron chi connectivity index (χ3n) is 5.09. The Morgan fingerprint density at radius 2 is 1.89 bits per heavy atom. The van der Waals surface area contributed by atoms with E-state index in [1.165, 1.54) is 24.0 Å². The number of anilines is 1. The van der Waals surface area contributed by atoms with Gasteiger partial charge in [0.15, 0.2) is 5.96 Å². The van der Waals surface area contributed by atoms with Crippen molar-refractivity contribution >= 4 is 17.7 Å². The van der Waals surface area contributed by atoms with Crippen LogP contribution in [0.5, 0.6) is 0 Å². The van der Waals surface area contributed by atoms with Gasteiger partial charge >= 0.3 is 6.09 Å². The summed E-state index contributed by atoms with van der Waals surface area (Å²) in [7, 11) is 0. The van der Waals surface area contributed by atoms with Crippen LogP contribution in [0, 0.1) is 0 Å². The van der Waals surface area contributed by atoms with E-state index in [0.717, 1.165) is 31.7 Å². The second-order valence-corrected chi connectivity index (χ2v) is 8.54. The number of fused-ring (bicyclic) bond motifs is 1. The monoisotopic (exact) mass is 387 g/mol. The highest BCUT2D eigenvalue weighted by Gasteiger charge is 2.25. The van der Waals surface area contributed by atoms with Crippen LogP contribution in [0.2, 0.25) is 0 Å². The van der Waals surface area contributed by atoms with Crippen LogP contribution >= 0.6 is 0 Å². The maximum Gasteiger partial charge on any atom is 0.410 e. The average Bonchev–Trinajstić information content (AvgIpc) is 3.08. The Morgan fingerprint density at radius 3 is 2.61 bits per heavy atom. The van der Waals surface area contributed by atoms with Crippen molar-refractivity contribution in [1.82, 2.24) is 9.80 Å². The van der Waals surface area contributed by atoms with Crippen molar-refractivity contribution in [3.8, 4) is 0 Å². The molecule has 7 heteroatoms. The van der Waals surface area contributed by atoms with E-state index in [2.05, 4.69) is 33.4 Å². The van der Waals surface area contributed by atoms with E-state index < -0.39 is 5.60 Å². The molecule has 0 spiro atoms. The van der Waals surface area contributed by atoms with E-state index in [0.29, 0.717) is 25.6 Å². The van der Waals surface area contributed by atoms with Gasteiger partial charge in [-0.3, -0.25) is 9.89 Å². The summed E-state index contributed by atoms with van der Waals surface area (Å²) in [6, 6.07) is 6.44. The van der Waals surface area contributed by atoms with Crippen LogP contribution in [0.1, 0.15) is 38.3 Å². The van der Waals surface area contributed by atoms with Gasteiger partial charge in [0.1, 0.15) is 5.60 Å². The number of aliphatic imine (C=N–C) groups is 1. The Bertz CT molecular complexity index is 718. The van der Waals surface area contributed by atoms with Gasteiger partial charge in [-0.15, -0.1) is 0 Å². The molecule has 1 aliphatic heterocycles. The van der Waals surface area contributed by atoms with Crippen LogP contribution in [0.15, 0.2) is 23.2 Å². The first-order valence-corrected chi connectivity index (χ1v) is 10.2. The smallest absolute Gasteiger partial charge is 0.410 e. The normalized spacial score (nSPS) is 18.1. The molecule has 1 aromatic rings. The predicted octanol–water partition coefficient (Wildman–Crippen LogP) is 2.45. The minimum absolute atomic E-state index is 0.229. The Kier molecular flexibility index (Phi) is 6.44. The molecule has 1 saturated heterocycles. The van der Waals surface area contributed by atoms with Gasteiger partial charge in [-0.2, -0.15) is 0 Å². The second kappa shape index (κ2) is 8.82. The molecule has 1 aliphatic carbocycles. The van der Waals surface area contributed by atoms with Crippen LogP contribution in [0.4, 0.5) is 10.5 Å². The van der Waals surface area contributed by atoms with Gasteiger partial charge < -0.3 is 20.7 Å². The van der Waals surface area contributed by atoms with Crippen molar-refractivity contribution < 1.29 is 9.53 Å². The number of amides is 1. The molecular weight excluding hydrogens is 354 g/mol. The molecule has 0 aromatic heterocycles. The summed E-state index contributed by atoms with van der Waals surface area (Å²) in [6.07, 6.45) is 3.34. The molecule has 28 heavy (non-hydrogen) atoms. The molecule has 3 N–H and O–H groups in total. The van der Waals surface area contributed by atoms with Crippen molar-refractivity contribution in [3.05, 3.63) is 29.3 Å². The van der Waals surface area contributed by atoms with Gasteiger partial charge in [-0.05, 0) is 63.3 Å². The van der Waals surface area contributed by atoms with Gasteiger partial charge in [-0.25, -0.2) is 4.79 Å². The first kappa shape index (κ1) is 20.5. The van der Waals surface area contributed by atoms with Crippen LogP contribution in [0.3, 0.4) is 0 Å². The van der Waals surface area contributed by atoms with E-state index in [9.17, 15) is 4.79 Å². The summed E-state index contributed by atoms with van der Waals surface area (Å²) in [5, 5.41) is 3.19. The molecule has 1 heterocycles. The number of guanidine groups is 1. The fraction of sp³-hybridized carbons (Fsp3) is 0.619. The zero-order valence-electron chi connectivity index (χ0n) is 17.3. The first-order chi connectivity index (χ1) is 13.3. The quantitative estimate of drug-likeness (QED) is 0.612. The number of piperazine rings is 1. The highest BCUT2D eigenvalue weighted by Crippen LogP contribution is 2.24. The van der Waals surface area contributed by atoms with Gasteiger partial charge in [-0.1, -0.05) is 6.07 Å². The van der Waals surface area contributed by atoms with Gasteiger partial charge in [0, 0.05) is 38.4 Å². The summed E-state index contributed by atoms with van der Waals surface area (Å²) in [4.78, 5) is 20.6. The Morgan fingerprint density at radius 1 is 1.18 bits per heavy atom. The van der Waals surface area contributed by atoms with E-state index >= 15 is 0 Å². The fourth-order valence-corrected chi connectivity index (χ4v) is 3.63. The number of aryl methyl sites for hydroxylation is 2. The summed E-state index contributed by atoms with van der Waals surface area (Å²) in [5.41, 5.74) is 9.46. The number of nitrogens with one attached hydrogen (secondary N) is 1.